The molecular formula is C50H53IrN3OSi-2. The molecule has 0 N–H and O–H groups in total. The minimum absolute atomic E-state index is 0. The van der Waals surface area contributed by atoms with E-state index in [0.29, 0.717) is 23.1 Å². The van der Waals surface area contributed by atoms with Crippen molar-refractivity contribution in [1.82, 2.24) is 14.5 Å². The second-order valence-electron chi connectivity index (χ2n) is 16.4. The summed E-state index contributed by atoms with van der Waals surface area (Å²) >= 11 is 0. The first-order valence-electron chi connectivity index (χ1n) is 20.5. The zero-order valence-electron chi connectivity index (χ0n) is 36.0. The maximum atomic E-state index is 8.54. The molecule has 3 heterocycles. The first-order chi connectivity index (χ1) is 27.2. The minimum Gasteiger partial charge on any atom is -0.501 e. The summed E-state index contributed by atoms with van der Waals surface area (Å²) in [4.78, 5) is 9.75. The number of fused-ring (bicyclic) bond motifs is 4. The Hall–Kier alpha value is -4.61. The fourth-order valence-electron chi connectivity index (χ4n) is 7.38. The van der Waals surface area contributed by atoms with Gasteiger partial charge < -0.3 is 14.0 Å². The molecule has 4 nitrogen and oxygen atoms in total. The van der Waals surface area contributed by atoms with Crippen LogP contribution in [0, 0.1) is 18.1 Å². The van der Waals surface area contributed by atoms with Gasteiger partial charge in [-0.1, -0.05) is 132 Å². The summed E-state index contributed by atoms with van der Waals surface area (Å²) in [5, 5.41) is 3.40. The van der Waals surface area contributed by atoms with Gasteiger partial charge in [-0.3, -0.25) is 4.98 Å². The van der Waals surface area contributed by atoms with E-state index in [4.69, 9.17) is 12.1 Å². The molecule has 0 amide bonds. The number of benzene rings is 5. The third-order valence-corrected chi connectivity index (χ3v) is 12.2. The number of rotatable bonds is 9. The van der Waals surface area contributed by atoms with Crippen LogP contribution in [0.5, 0.6) is 0 Å². The number of imidazole rings is 1. The molecule has 0 saturated carbocycles. The van der Waals surface area contributed by atoms with E-state index >= 15 is 0 Å². The van der Waals surface area contributed by atoms with Crippen molar-refractivity contribution in [1.29, 1.82) is 0 Å². The van der Waals surface area contributed by atoms with E-state index < -0.39 is 14.4 Å². The number of para-hydroxylation sites is 3. The summed E-state index contributed by atoms with van der Waals surface area (Å²) < 4.78 is 25.8. The third-order valence-electron chi connectivity index (χ3n) is 10.2. The predicted octanol–water partition coefficient (Wildman–Crippen LogP) is 13.0. The van der Waals surface area contributed by atoms with Crippen LogP contribution in [-0.2, 0) is 33.0 Å². The van der Waals surface area contributed by atoms with Crippen molar-refractivity contribution >= 4 is 46.2 Å². The van der Waals surface area contributed by atoms with E-state index in [1.54, 1.807) is 0 Å². The molecule has 3 aromatic heterocycles. The van der Waals surface area contributed by atoms with Crippen LogP contribution in [0.25, 0.3) is 55.6 Å². The van der Waals surface area contributed by atoms with Crippen LogP contribution >= 0.6 is 0 Å². The van der Waals surface area contributed by atoms with Crippen molar-refractivity contribution < 1.29 is 27.3 Å². The molecule has 0 bridgehead atoms. The Balaban J connectivity index is 0.000000214. The Morgan fingerprint density at radius 3 is 2.14 bits per heavy atom. The van der Waals surface area contributed by atoms with Gasteiger partial charge in [-0.15, -0.1) is 54.1 Å². The molecule has 1 radical (unpaired) electrons. The van der Waals surface area contributed by atoms with E-state index in [0.717, 1.165) is 56.5 Å². The van der Waals surface area contributed by atoms with Crippen LogP contribution in [0.4, 0.5) is 0 Å². The molecule has 0 aliphatic rings. The van der Waals surface area contributed by atoms with Gasteiger partial charge in [-0.25, -0.2) is 0 Å². The normalized spacial score (nSPS) is 12.6. The second-order valence-corrected chi connectivity index (χ2v) is 21.5. The second kappa shape index (κ2) is 17.3. The number of furan rings is 1. The number of hydrogen-bond acceptors (Lipinski definition) is 3. The van der Waals surface area contributed by atoms with E-state index in [9.17, 15) is 0 Å². The number of nitrogens with zero attached hydrogens (tertiary/aromatic N) is 3. The Bertz CT molecular complexity index is 2650. The van der Waals surface area contributed by atoms with Crippen molar-refractivity contribution in [3.8, 4) is 22.6 Å². The van der Waals surface area contributed by atoms with Gasteiger partial charge in [0, 0.05) is 41.0 Å². The van der Waals surface area contributed by atoms with E-state index in [1.165, 1.54) is 21.9 Å². The summed E-state index contributed by atoms with van der Waals surface area (Å²) in [5.41, 5.74) is 11.2. The van der Waals surface area contributed by atoms with Gasteiger partial charge in [0.05, 0.1) is 30.5 Å². The fourth-order valence-corrected chi connectivity index (χ4v) is 8.41. The molecule has 289 valence electrons. The Morgan fingerprint density at radius 1 is 0.768 bits per heavy atom. The van der Waals surface area contributed by atoms with Crippen LogP contribution in [0.1, 0.15) is 78.4 Å². The molecule has 6 heteroatoms. The van der Waals surface area contributed by atoms with Crippen molar-refractivity contribution in [2.75, 3.05) is 0 Å². The summed E-state index contributed by atoms with van der Waals surface area (Å²) in [6.07, 6.45) is 0.504. The van der Waals surface area contributed by atoms with Gasteiger partial charge in [0.15, 0.2) is 0 Å². The number of aromatic nitrogens is 3. The summed E-state index contributed by atoms with van der Waals surface area (Å²) in [6, 6.07) is 43.8. The van der Waals surface area contributed by atoms with Crippen LogP contribution in [0.2, 0.25) is 19.6 Å². The smallest absolute Gasteiger partial charge is 0.120 e. The Kier molecular flexibility index (Phi) is 11.8. The standard InChI is InChI=1S/C32H29N2O.C18H24NSi.Ir/c1-20(2)22-12-9-13-23(21(3)4)27(22)19-34-29-17-7-6-16-28(29)33-32(34)26-15-10-14-25-24-11-5-8-18-30(24)35-31(25)26;1-14(2)11-16-12-17(20(3,4)5)13-19-18(16)15-9-7-6-8-10-15;/h5-14,16-18,20-21H,19H2,1-4H3;6-9,12-14H,11H2,1-5H3;/q2*-1;/i;11D2;. The Morgan fingerprint density at radius 2 is 1.46 bits per heavy atom. The van der Waals surface area contributed by atoms with E-state index in [-0.39, 0.29) is 26.0 Å². The van der Waals surface area contributed by atoms with Crippen LogP contribution in [-0.4, -0.2) is 22.6 Å². The minimum atomic E-state index is -1.54. The zero-order chi connectivity index (χ0) is 40.6. The van der Waals surface area contributed by atoms with Crippen molar-refractivity contribution in [2.45, 2.75) is 85.9 Å². The van der Waals surface area contributed by atoms with Crippen molar-refractivity contribution in [3.63, 3.8) is 0 Å². The molecule has 0 fully saturated rings. The molecule has 0 aliphatic carbocycles. The summed E-state index contributed by atoms with van der Waals surface area (Å²) in [7, 11) is -1.54. The predicted molar refractivity (Wildman–Crippen MR) is 235 cm³/mol. The van der Waals surface area contributed by atoms with Crippen LogP contribution in [0.3, 0.4) is 0 Å². The monoisotopic (exact) mass is 934 g/mol. The molecule has 8 rings (SSSR count). The molecule has 56 heavy (non-hydrogen) atoms. The maximum Gasteiger partial charge on any atom is 0.120 e. The molecule has 0 unspecified atom stereocenters. The number of pyridine rings is 1. The zero-order valence-corrected chi connectivity index (χ0v) is 37.4. The van der Waals surface area contributed by atoms with E-state index in [1.807, 2.05) is 68.6 Å². The third kappa shape index (κ3) is 8.54. The summed E-state index contributed by atoms with van der Waals surface area (Å²) in [6.45, 7) is 20.5. The largest absolute Gasteiger partial charge is 0.501 e. The first kappa shape index (κ1) is 38.3. The molecular weight excluding hydrogens is 879 g/mol. The van der Waals surface area contributed by atoms with Crippen molar-refractivity contribution in [2.24, 2.45) is 5.92 Å². The Labute approximate surface area is 350 Å². The average molecular weight is 934 g/mol. The molecule has 0 aliphatic heterocycles. The maximum absolute atomic E-state index is 8.54. The van der Waals surface area contributed by atoms with E-state index in [2.05, 4.69) is 130 Å². The van der Waals surface area contributed by atoms with Gasteiger partial charge >= 0.3 is 0 Å². The molecule has 0 saturated heterocycles. The number of hydrogen-bond donors (Lipinski definition) is 0. The molecule has 5 aromatic carbocycles. The SMILES string of the molecule is CC(C)c1cccc(C(C)C)c1Cn1c(-c2[c-]ccc3c2oc2ccccc23)nc2ccccc21.[2H]C([2H])(c1cc([Si](C)(C)C)cnc1-c1[c-]cccc1)C(C)C.[Ir]. The molecule has 0 atom stereocenters. The average Bonchev–Trinajstić information content (AvgIpc) is 3.76. The summed E-state index contributed by atoms with van der Waals surface area (Å²) in [5.74, 6) is 1.65. The quantitative estimate of drug-likeness (QED) is 0.107. The van der Waals surface area contributed by atoms with Gasteiger partial charge in [-0.2, -0.15) is 0 Å². The van der Waals surface area contributed by atoms with Gasteiger partial charge in [0.1, 0.15) is 5.58 Å². The first-order valence-corrected chi connectivity index (χ1v) is 23.0. The van der Waals surface area contributed by atoms with Crippen LogP contribution < -0.4 is 5.19 Å². The molecule has 0 spiro atoms. The van der Waals surface area contributed by atoms with Crippen LogP contribution in [0.15, 0.2) is 120 Å². The van der Waals surface area contributed by atoms with Gasteiger partial charge in [-0.05, 0) is 69.9 Å². The van der Waals surface area contributed by atoms with Gasteiger partial charge in [0.25, 0.3) is 0 Å². The topological polar surface area (TPSA) is 43.9 Å². The fraction of sp³-hybridized carbons (Fsp3) is 0.280. The van der Waals surface area contributed by atoms with Gasteiger partial charge in [0.2, 0.25) is 0 Å². The molecule has 8 aromatic rings. The van der Waals surface area contributed by atoms with Crippen molar-refractivity contribution in [3.05, 3.63) is 150 Å².